The van der Waals surface area contributed by atoms with Crippen LogP contribution in [0.1, 0.15) is 31.9 Å². The lowest BCUT2D eigenvalue weighted by molar-refractivity contribution is 0.177. The van der Waals surface area contributed by atoms with Crippen LogP contribution >= 0.6 is 0 Å². The van der Waals surface area contributed by atoms with Crippen molar-refractivity contribution in [2.45, 2.75) is 32.4 Å². The van der Waals surface area contributed by atoms with Gasteiger partial charge in [0.15, 0.2) is 0 Å². The Morgan fingerprint density at radius 2 is 2.05 bits per heavy atom. The van der Waals surface area contributed by atoms with Gasteiger partial charge in [-0.3, -0.25) is 9.58 Å². The van der Waals surface area contributed by atoms with Crippen LogP contribution in [0, 0.1) is 0 Å². The number of nitrogens with two attached hydrogens (primary N) is 1. The summed E-state index contributed by atoms with van der Waals surface area (Å²) in [5, 5.41) is 4.27. The monoisotopic (exact) mass is 267 g/mol. The minimum Gasteiger partial charge on any atom is -0.326 e. The molecule has 110 valence electrons. The van der Waals surface area contributed by atoms with E-state index in [-0.39, 0.29) is 12.1 Å². The van der Waals surface area contributed by atoms with Gasteiger partial charge >= 0.3 is 0 Å². The summed E-state index contributed by atoms with van der Waals surface area (Å²) >= 11 is 0. The Hall–Kier alpha value is -0.910. The molecule has 1 heterocycles. The van der Waals surface area contributed by atoms with Gasteiger partial charge in [-0.15, -0.1) is 0 Å². The second-order valence-electron chi connectivity index (χ2n) is 5.54. The van der Waals surface area contributed by atoms with E-state index in [1.165, 1.54) is 5.56 Å². The van der Waals surface area contributed by atoms with Crippen LogP contribution < -0.4 is 5.73 Å². The Morgan fingerprint density at radius 3 is 2.47 bits per heavy atom. The summed E-state index contributed by atoms with van der Waals surface area (Å²) in [5.74, 6) is 0. The minimum atomic E-state index is 0.100. The summed E-state index contributed by atoms with van der Waals surface area (Å²) < 4.78 is 1.85. The first-order valence-corrected chi connectivity index (χ1v) is 7.08. The molecule has 5 heteroatoms. The zero-order chi connectivity index (χ0) is 14.4. The molecule has 1 aromatic heterocycles. The molecule has 0 spiro atoms. The fraction of sp³-hybridized carbons (Fsp3) is 0.786. The SMILES string of the molecule is CCN(CCCN(C)C)C(c1cnn(C)c1)C(C)N. The van der Waals surface area contributed by atoms with Crippen LogP contribution in [0.15, 0.2) is 12.4 Å². The van der Waals surface area contributed by atoms with Crippen LogP contribution in [0.25, 0.3) is 0 Å². The molecule has 2 unspecified atom stereocenters. The van der Waals surface area contributed by atoms with Gasteiger partial charge in [0.1, 0.15) is 0 Å². The molecule has 0 amide bonds. The molecule has 0 aromatic carbocycles. The van der Waals surface area contributed by atoms with E-state index in [2.05, 4.69) is 49.0 Å². The number of nitrogens with zero attached hydrogens (tertiary/aromatic N) is 4. The van der Waals surface area contributed by atoms with Gasteiger partial charge in [-0.2, -0.15) is 5.10 Å². The van der Waals surface area contributed by atoms with Gasteiger partial charge in [0.05, 0.1) is 12.2 Å². The van der Waals surface area contributed by atoms with Crippen molar-refractivity contribution in [1.82, 2.24) is 19.6 Å². The van der Waals surface area contributed by atoms with Gasteiger partial charge in [0, 0.05) is 31.4 Å². The van der Waals surface area contributed by atoms with Crippen molar-refractivity contribution >= 4 is 0 Å². The van der Waals surface area contributed by atoms with Gasteiger partial charge in [0.25, 0.3) is 0 Å². The van der Waals surface area contributed by atoms with Crippen molar-refractivity contribution in [3.63, 3.8) is 0 Å². The van der Waals surface area contributed by atoms with E-state index in [0.717, 1.165) is 26.1 Å². The number of likely N-dealkylation sites (N-methyl/N-ethyl adjacent to an activating group) is 1. The van der Waals surface area contributed by atoms with E-state index < -0.39 is 0 Å². The first-order valence-electron chi connectivity index (χ1n) is 7.08. The second kappa shape index (κ2) is 7.62. The first-order chi connectivity index (χ1) is 8.95. The van der Waals surface area contributed by atoms with E-state index in [1.807, 2.05) is 17.9 Å². The smallest absolute Gasteiger partial charge is 0.0538 e. The molecule has 0 saturated carbocycles. The third kappa shape index (κ3) is 4.93. The van der Waals surface area contributed by atoms with E-state index in [0.29, 0.717) is 0 Å². The standard InChI is InChI=1S/C14H29N5/c1-6-19(9-7-8-17(3)4)14(12(2)15)13-10-16-18(5)11-13/h10-12,14H,6-9,15H2,1-5H3. The van der Waals surface area contributed by atoms with Crippen molar-refractivity contribution in [3.05, 3.63) is 18.0 Å². The lowest BCUT2D eigenvalue weighted by Gasteiger charge is -2.33. The van der Waals surface area contributed by atoms with Gasteiger partial charge in [-0.05, 0) is 40.5 Å². The summed E-state index contributed by atoms with van der Waals surface area (Å²) in [4.78, 5) is 4.67. The van der Waals surface area contributed by atoms with E-state index in [9.17, 15) is 0 Å². The normalized spacial score (nSPS) is 15.2. The molecule has 0 aliphatic carbocycles. The van der Waals surface area contributed by atoms with Crippen molar-refractivity contribution in [1.29, 1.82) is 0 Å². The maximum Gasteiger partial charge on any atom is 0.0538 e. The molecule has 19 heavy (non-hydrogen) atoms. The summed E-state index contributed by atoms with van der Waals surface area (Å²) in [6.07, 6.45) is 5.16. The zero-order valence-corrected chi connectivity index (χ0v) is 13.0. The van der Waals surface area contributed by atoms with Crippen molar-refractivity contribution in [2.24, 2.45) is 12.8 Å². The third-order valence-electron chi connectivity index (χ3n) is 3.41. The van der Waals surface area contributed by atoms with E-state index in [4.69, 9.17) is 5.73 Å². The van der Waals surface area contributed by atoms with Crippen LogP contribution in [0.2, 0.25) is 0 Å². The van der Waals surface area contributed by atoms with E-state index in [1.54, 1.807) is 0 Å². The Labute approximate surface area is 117 Å². The number of hydrogen-bond donors (Lipinski definition) is 1. The molecule has 0 aliphatic rings. The van der Waals surface area contributed by atoms with Crippen LogP contribution in [-0.4, -0.2) is 59.4 Å². The largest absolute Gasteiger partial charge is 0.326 e. The lowest BCUT2D eigenvalue weighted by Crippen LogP contribution is -2.40. The average molecular weight is 267 g/mol. The summed E-state index contributed by atoms with van der Waals surface area (Å²) in [7, 11) is 6.17. The van der Waals surface area contributed by atoms with Crippen molar-refractivity contribution in [2.75, 3.05) is 33.7 Å². The van der Waals surface area contributed by atoms with Gasteiger partial charge in [-0.1, -0.05) is 6.92 Å². The van der Waals surface area contributed by atoms with Gasteiger partial charge in [0.2, 0.25) is 0 Å². The quantitative estimate of drug-likeness (QED) is 0.766. The summed E-state index contributed by atoms with van der Waals surface area (Å²) in [5.41, 5.74) is 7.41. The van der Waals surface area contributed by atoms with Crippen LogP contribution in [0.4, 0.5) is 0 Å². The fourth-order valence-corrected chi connectivity index (χ4v) is 2.52. The molecule has 0 aliphatic heterocycles. The molecule has 0 radical (unpaired) electrons. The molecule has 0 saturated heterocycles. The van der Waals surface area contributed by atoms with Crippen LogP contribution in [0.5, 0.6) is 0 Å². The molecule has 1 rings (SSSR count). The number of hydrogen-bond acceptors (Lipinski definition) is 4. The Balaban J connectivity index is 2.72. The topological polar surface area (TPSA) is 50.3 Å². The summed E-state index contributed by atoms with van der Waals surface area (Å²) in [6.45, 7) is 7.45. The molecule has 0 bridgehead atoms. The van der Waals surface area contributed by atoms with Crippen molar-refractivity contribution in [3.8, 4) is 0 Å². The van der Waals surface area contributed by atoms with Crippen molar-refractivity contribution < 1.29 is 0 Å². The predicted octanol–water partition coefficient (Wildman–Crippen LogP) is 1.08. The predicted molar refractivity (Wildman–Crippen MR) is 80.0 cm³/mol. The molecule has 2 N–H and O–H groups in total. The average Bonchev–Trinajstić information content (AvgIpc) is 2.73. The molecule has 1 aromatic rings. The molecular formula is C14H29N5. The van der Waals surface area contributed by atoms with Gasteiger partial charge in [-0.25, -0.2) is 0 Å². The highest BCUT2D eigenvalue weighted by Gasteiger charge is 2.23. The number of aryl methyl sites for hydroxylation is 1. The summed E-state index contributed by atoms with van der Waals surface area (Å²) in [6, 6.07) is 0.351. The maximum absolute atomic E-state index is 6.20. The lowest BCUT2D eigenvalue weighted by atomic mass is 10.0. The molecule has 5 nitrogen and oxygen atoms in total. The minimum absolute atomic E-state index is 0.100. The number of aromatic nitrogens is 2. The molecular weight excluding hydrogens is 238 g/mol. The second-order valence-corrected chi connectivity index (χ2v) is 5.54. The van der Waals surface area contributed by atoms with Crippen LogP contribution in [-0.2, 0) is 7.05 Å². The maximum atomic E-state index is 6.20. The zero-order valence-electron chi connectivity index (χ0n) is 13.0. The van der Waals surface area contributed by atoms with E-state index >= 15 is 0 Å². The Morgan fingerprint density at radius 1 is 1.37 bits per heavy atom. The molecule has 0 fully saturated rings. The highest BCUT2D eigenvalue weighted by Crippen LogP contribution is 2.23. The fourth-order valence-electron chi connectivity index (χ4n) is 2.52. The highest BCUT2D eigenvalue weighted by atomic mass is 15.3. The number of rotatable bonds is 8. The van der Waals surface area contributed by atoms with Crippen LogP contribution in [0.3, 0.4) is 0 Å². The van der Waals surface area contributed by atoms with Gasteiger partial charge < -0.3 is 10.6 Å². The Bertz CT molecular complexity index is 358. The third-order valence-corrected chi connectivity index (χ3v) is 3.41. The first kappa shape index (κ1) is 16.1. The molecule has 2 atom stereocenters. The highest BCUT2D eigenvalue weighted by molar-refractivity contribution is 5.13. The Kier molecular flexibility index (Phi) is 6.48.